The van der Waals surface area contributed by atoms with E-state index in [4.69, 9.17) is 35.7 Å². The van der Waals surface area contributed by atoms with E-state index in [2.05, 4.69) is 20.5 Å². The van der Waals surface area contributed by atoms with Gasteiger partial charge in [0.25, 0.3) is 0 Å². The molecule has 306 valence electrons. The Morgan fingerprint density at radius 3 is 2.31 bits per heavy atom. The van der Waals surface area contributed by atoms with Crippen LogP contribution in [-0.4, -0.2) is 128 Å². The van der Waals surface area contributed by atoms with Crippen molar-refractivity contribution >= 4 is 45.1 Å². The van der Waals surface area contributed by atoms with Crippen molar-refractivity contribution in [1.82, 2.24) is 16.0 Å². The fourth-order valence-electron chi connectivity index (χ4n) is 6.81. The average molecular weight is 804 g/mol. The summed E-state index contributed by atoms with van der Waals surface area (Å²) in [4.78, 5) is 33.9. The van der Waals surface area contributed by atoms with Crippen molar-refractivity contribution in [3.05, 3.63) is 35.9 Å². The number of aliphatic hydroxyl groups excluding tert-OH is 3. The molecule has 0 bridgehead atoms. The minimum absolute atomic E-state index is 0.0492. The lowest BCUT2D eigenvalue weighted by Gasteiger charge is -2.42. The number of ether oxygens (including phenoxy) is 4. The van der Waals surface area contributed by atoms with Gasteiger partial charge in [0.2, 0.25) is 5.91 Å². The van der Waals surface area contributed by atoms with E-state index in [0.717, 1.165) is 64.2 Å². The van der Waals surface area contributed by atoms with Crippen molar-refractivity contribution in [3.63, 3.8) is 0 Å². The summed E-state index contributed by atoms with van der Waals surface area (Å²) < 4.78 is 44.9. The minimum atomic E-state index is -4.34. The van der Waals surface area contributed by atoms with Gasteiger partial charge in [0, 0.05) is 58.2 Å². The molecule has 0 spiro atoms. The molecule has 7 N–H and O–H groups in total. The van der Waals surface area contributed by atoms with Crippen molar-refractivity contribution in [3.8, 4) is 0 Å². The summed E-state index contributed by atoms with van der Waals surface area (Å²) in [5, 5.41) is 39.9. The van der Waals surface area contributed by atoms with Crippen LogP contribution in [0.5, 0.6) is 0 Å². The molecule has 54 heavy (non-hydrogen) atoms. The molecule has 10 atom stereocenters. The summed E-state index contributed by atoms with van der Waals surface area (Å²) in [5.74, 6) is -1.07. The number of phosphoric ester groups is 1. The van der Waals surface area contributed by atoms with Crippen LogP contribution in [0.3, 0.4) is 0 Å². The van der Waals surface area contributed by atoms with E-state index in [1.807, 2.05) is 38.2 Å². The minimum Gasteiger partial charge on any atom is -0.431 e. The van der Waals surface area contributed by atoms with Crippen LogP contribution in [0, 0.1) is 11.8 Å². The number of unbranched alkanes of at least 4 members (excludes halogenated alkanes) is 5. The number of aliphatic hydroxyl groups is 3. The van der Waals surface area contributed by atoms with Crippen molar-refractivity contribution in [1.29, 1.82) is 0 Å². The Balaban J connectivity index is 1.26. The molecule has 1 aromatic rings. The molecule has 1 saturated heterocycles. The average Bonchev–Trinajstić information content (AvgIpc) is 3.43. The molecule has 2 aliphatic rings. The number of phosphoric acid groups is 1. The predicted molar refractivity (Wildman–Crippen MR) is 205 cm³/mol. The van der Waals surface area contributed by atoms with Crippen molar-refractivity contribution < 1.29 is 62.4 Å². The van der Waals surface area contributed by atoms with Gasteiger partial charge in [-0.1, -0.05) is 56.0 Å². The van der Waals surface area contributed by atoms with Crippen LogP contribution in [0.4, 0.5) is 4.79 Å². The van der Waals surface area contributed by atoms with E-state index in [1.54, 1.807) is 0 Å². The highest BCUT2D eigenvalue weighted by Gasteiger charge is 2.47. The second kappa shape index (κ2) is 24.3. The van der Waals surface area contributed by atoms with Crippen LogP contribution in [0.15, 0.2) is 30.3 Å². The smallest absolute Gasteiger partial charge is 0.431 e. The molecule has 16 nitrogen and oxygen atoms in total. The molecular weight excluding hydrogens is 744 g/mol. The predicted octanol–water partition coefficient (Wildman–Crippen LogP) is 1.65. The standard InChI is InChI=1S/C35H59BN3O13PS/c1-23(41)39-29-27(19-25(20-40)30(42)31(29)43)48-18-12-4-3-10-16-37-34(54)38-17-11-6-9-15-26-32(52-53(45,46)47-2)28(51-33(26)36)22-50-35(44)49-21-24-13-7-5-8-14-24/h5,7-8,13-14,25-33,40,42-43H,3-4,6,9-12,15-22,36H2,1-2H3,(H,39,41)(H,45,46)(H2,37,38,54)/t25-,26+,27-,28-,29+,30+,31-,32?,33-/m1/s1. The third-order valence-corrected chi connectivity index (χ3v) is 11.0. The quantitative estimate of drug-likeness (QED) is 0.0275. The Labute approximate surface area is 324 Å². The van der Waals surface area contributed by atoms with Crippen molar-refractivity contribution in [2.75, 3.05) is 40.0 Å². The van der Waals surface area contributed by atoms with Gasteiger partial charge in [0.1, 0.15) is 39.4 Å². The maximum absolute atomic E-state index is 12.4. The Hall–Kier alpha value is -2.38. The Morgan fingerprint density at radius 2 is 1.67 bits per heavy atom. The molecule has 2 fully saturated rings. The Morgan fingerprint density at radius 1 is 1.00 bits per heavy atom. The Bertz CT molecular complexity index is 1320. The number of carbonyl (C=O) groups is 2. The largest absolute Gasteiger partial charge is 0.508 e. The second-order valence-corrected chi connectivity index (χ2v) is 15.8. The second-order valence-electron chi connectivity index (χ2n) is 13.8. The lowest BCUT2D eigenvalue weighted by atomic mass is 9.79. The van der Waals surface area contributed by atoms with E-state index >= 15 is 0 Å². The van der Waals surface area contributed by atoms with Gasteiger partial charge in [-0.15, -0.1) is 0 Å². The Kier molecular flexibility index (Phi) is 20.7. The molecule has 1 aliphatic carbocycles. The summed E-state index contributed by atoms with van der Waals surface area (Å²) in [6.45, 7) is 2.75. The molecule has 0 radical (unpaired) electrons. The van der Waals surface area contributed by atoms with Gasteiger partial charge in [-0.3, -0.25) is 13.8 Å². The van der Waals surface area contributed by atoms with Gasteiger partial charge >= 0.3 is 14.0 Å². The zero-order valence-electron chi connectivity index (χ0n) is 31.5. The van der Waals surface area contributed by atoms with E-state index < -0.39 is 56.5 Å². The first-order valence-corrected chi connectivity index (χ1v) is 20.7. The first-order chi connectivity index (χ1) is 25.8. The van der Waals surface area contributed by atoms with Crippen LogP contribution < -0.4 is 16.0 Å². The normalized spacial score (nSPS) is 27.8. The molecule has 1 aromatic carbocycles. The fraction of sp³-hybridized carbons (Fsp3) is 0.743. The third-order valence-electron chi connectivity index (χ3n) is 9.76. The number of thiocarbonyl (C=S) groups is 1. The highest BCUT2D eigenvalue weighted by molar-refractivity contribution is 7.80. The molecule has 19 heteroatoms. The third kappa shape index (κ3) is 16.0. The van der Waals surface area contributed by atoms with Crippen LogP contribution in [0.25, 0.3) is 0 Å². The van der Waals surface area contributed by atoms with Crippen LogP contribution in [0.1, 0.15) is 70.3 Å². The maximum Gasteiger partial charge on any atom is 0.508 e. The van der Waals surface area contributed by atoms with E-state index in [0.29, 0.717) is 31.1 Å². The zero-order chi connectivity index (χ0) is 39.5. The molecule has 0 aromatic heterocycles. The van der Waals surface area contributed by atoms with Gasteiger partial charge in [0.05, 0.1) is 18.2 Å². The molecule has 3 rings (SSSR count). The monoisotopic (exact) mass is 803 g/mol. The molecule has 1 saturated carbocycles. The molecular formula is C35H59BN3O13PS. The lowest BCUT2D eigenvalue weighted by Crippen LogP contribution is -2.61. The maximum atomic E-state index is 12.4. The van der Waals surface area contributed by atoms with Crippen LogP contribution in [-0.2, 0) is 44.0 Å². The fourth-order valence-corrected chi connectivity index (χ4v) is 7.70. The lowest BCUT2D eigenvalue weighted by molar-refractivity contribution is -0.142. The molecule has 1 amide bonds. The number of rotatable bonds is 23. The van der Waals surface area contributed by atoms with Crippen LogP contribution >= 0.6 is 20.0 Å². The van der Waals surface area contributed by atoms with Gasteiger partial charge < -0.3 is 55.1 Å². The van der Waals surface area contributed by atoms with Crippen LogP contribution in [0.2, 0.25) is 0 Å². The molecule has 1 aliphatic heterocycles. The first kappa shape index (κ1) is 46.0. The molecule has 1 heterocycles. The van der Waals surface area contributed by atoms with Gasteiger partial charge in [-0.05, 0) is 49.9 Å². The summed E-state index contributed by atoms with van der Waals surface area (Å²) in [6.07, 6.45) is 1.77. The van der Waals surface area contributed by atoms with Crippen molar-refractivity contribution in [2.24, 2.45) is 11.8 Å². The van der Waals surface area contributed by atoms with E-state index in [9.17, 15) is 34.4 Å². The van der Waals surface area contributed by atoms with Gasteiger partial charge in [-0.25, -0.2) is 9.36 Å². The highest BCUT2D eigenvalue weighted by Crippen LogP contribution is 2.48. The molecule has 2 unspecified atom stereocenters. The number of amides is 1. The number of carbonyl (C=O) groups excluding carboxylic acids is 2. The number of nitrogens with one attached hydrogen (secondary N) is 3. The summed E-state index contributed by atoms with van der Waals surface area (Å²) in [7, 11) is -1.40. The van der Waals surface area contributed by atoms with Crippen molar-refractivity contribution in [2.45, 2.75) is 114 Å². The number of hydrogen-bond acceptors (Lipinski definition) is 13. The summed E-state index contributed by atoms with van der Waals surface area (Å²) in [5.41, 5.74) is 0.809. The summed E-state index contributed by atoms with van der Waals surface area (Å²) in [6, 6.07) is 8.13. The topological polar surface area (TPSA) is 224 Å². The van der Waals surface area contributed by atoms with E-state index in [-0.39, 0.29) is 37.6 Å². The number of hydrogen-bond donors (Lipinski definition) is 7. The van der Waals surface area contributed by atoms with E-state index in [1.165, 1.54) is 6.92 Å². The zero-order valence-corrected chi connectivity index (χ0v) is 33.2. The SMILES string of the molecule is B[C@@H]1O[C@H](COC(=O)OCc2ccccc2)C(OP(=O)(O)OC)[C@@H]1CCCCCNC(=S)NCCCCCCO[C@@H]1C[C@H](CO)[C@H](O)[C@H](O)[C@H]1NC(C)=O. The van der Waals surface area contributed by atoms with Gasteiger partial charge in [-0.2, -0.15) is 0 Å². The number of benzene rings is 1. The highest BCUT2D eigenvalue weighted by atomic mass is 32.1. The first-order valence-electron chi connectivity index (χ1n) is 18.8. The van der Waals surface area contributed by atoms with Gasteiger partial charge in [0.15, 0.2) is 5.11 Å². The summed E-state index contributed by atoms with van der Waals surface area (Å²) >= 11 is 5.41.